The summed E-state index contributed by atoms with van der Waals surface area (Å²) in [5, 5.41) is 10.2. The lowest BCUT2D eigenvalue weighted by atomic mass is 10.1. The van der Waals surface area contributed by atoms with Crippen LogP contribution in [0, 0.1) is 11.7 Å². The van der Waals surface area contributed by atoms with Crippen LogP contribution < -0.4 is 0 Å². The van der Waals surface area contributed by atoms with E-state index in [0.29, 0.717) is 10.6 Å². The summed E-state index contributed by atoms with van der Waals surface area (Å²) >= 11 is 4.98. The van der Waals surface area contributed by atoms with Gasteiger partial charge in [0, 0.05) is 0 Å². The quantitative estimate of drug-likeness (QED) is 0.726. The van der Waals surface area contributed by atoms with Gasteiger partial charge in [0.25, 0.3) is 0 Å². The molecule has 0 aliphatic carbocycles. The minimum Gasteiger partial charge on any atom is -0.282 e. The topological polar surface area (TPSA) is 62.3 Å². The number of aryl methyl sites for hydroxylation is 1. The molecule has 0 spiro atoms. The van der Waals surface area contributed by atoms with E-state index in [0.717, 1.165) is 23.4 Å². The van der Waals surface area contributed by atoms with Gasteiger partial charge in [0.05, 0.1) is 23.1 Å². The van der Waals surface area contributed by atoms with Gasteiger partial charge in [-0.15, -0.1) is 0 Å². The van der Waals surface area contributed by atoms with E-state index >= 15 is 0 Å². The van der Waals surface area contributed by atoms with Crippen LogP contribution in [-0.2, 0) is 6.42 Å². The van der Waals surface area contributed by atoms with Crippen molar-refractivity contribution in [2.24, 2.45) is 0 Å². The van der Waals surface area contributed by atoms with Gasteiger partial charge in [-0.3, -0.25) is 10.2 Å². The van der Waals surface area contributed by atoms with Gasteiger partial charge in [-0.05, 0) is 43.3 Å². The predicted octanol–water partition coefficient (Wildman–Crippen LogP) is 3.19. The fourth-order valence-corrected chi connectivity index (χ4v) is 2.32. The molecule has 0 saturated heterocycles. The molecular weight excluding hydrogens is 270 g/mol. The zero-order valence-corrected chi connectivity index (χ0v) is 12.2. The molecular formula is C14H15N5S. The summed E-state index contributed by atoms with van der Waals surface area (Å²) in [6, 6.07) is 8.40. The summed E-state index contributed by atoms with van der Waals surface area (Å²) in [5.74, 6) is 0.712. The average Bonchev–Trinajstić information content (AvgIpc) is 3.05. The van der Waals surface area contributed by atoms with Crippen molar-refractivity contribution in [1.29, 1.82) is 0 Å². The average molecular weight is 285 g/mol. The molecule has 1 aromatic carbocycles. The number of nitrogens with zero attached hydrogens (tertiary/aromatic N) is 3. The number of rotatable bonds is 3. The van der Waals surface area contributed by atoms with Crippen molar-refractivity contribution in [3.63, 3.8) is 0 Å². The lowest BCUT2D eigenvalue weighted by molar-refractivity contribution is 0.846. The van der Waals surface area contributed by atoms with Crippen LogP contribution in [0.1, 0.15) is 18.2 Å². The van der Waals surface area contributed by atoms with Crippen LogP contribution in [0.3, 0.4) is 0 Å². The summed E-state index contributed by atoms with van der Waals surface area (Å²) < 4.78 is 2.35. The summed E-state index contributed by atoms with van der Waals surface area (Å²) in [4.78, 5) is 4.23. The Morgan fingerprint density at radius 1 is 1.20 bits per heavy atom. The largest absolute Gasteiger partial charge is 0.282 e. The molecule has 0 bridgehead atoms. The van der Waals surface area contributed by atoms with Gasteiger partial charge in [-0.1, -0.05) is 19.1 Å². The zero-order valence-electron chi connectivity index (χ0n) is 11.3. The van der Waals surface area contributed by atoms with Crippen molar-refractivity contribution in [2.45, 2.75) is 20.3 Å². The molecule has 0 amide bonds. The summed E-state index contributed by atoms with van der Waals surface area (Å²) in [6.45, 7) is 4.16. The third kappa shape index (κ3) is 2.18. The van der Waals surface area contributed by atoms with E-state index in [4.69, 9.17) is 12.2 Å². The molecule has 3 rings (SSSR count). The number of benzene rings is 1. The van der Waals surface area contributed by atoms with Gasteiger partial charge in [-0.2, -0.15) is 10.1 Å². The van der Waals surface area contributed by atoms with Crippen LogP contribution in [-0.4, -0.2) is 25.0 Å². The van der Waals surface area contributed by atoms with E-state index in [-0.39, 0.29) is 0 Å². The Bertz CT molecular complexity index is 779. The molecule has 5 nitrogen and oxygen atoms in total. The number of H-pyrrole nitrogens is 2. The Hall–Kier alpha value is -2.21. The molecule has 0 unspecified atom stereocenters. The van der Waals surface area contributed by atoms with Gasteiger partial charge >= 0.3 is 0 Å². The first-order valence-corrected chi connectivity index (χ1v) is 6.89. The molecule has 0 aliphatic heterocycles. The van der Waals surface area contributed by atoms with Crippen molar-refractivity contribution in [3.05, 3.63) is 46.5 Å². The first-order valence-electron chi connectivity index (χ1n) is 6.48. The second-order valence-corrected chi connectivity index (χ2v) is 4.98. The molecule has 3 aromatic rings. The first-order chi connectivity index (χ1) is 9.69. The van der Waals surface area contributed by atoms with Gasteiger partial charge in [-0.25, -0.2) is 4.68 Å². The highest BCUT2D eigenvalue weighted by molar-refractivity contribution is 7.71. The standard InChI is InChI=1S/C14H15N5S/c1-3-10-4-6-11(7-5-10)19-9(2)12(8-15-19)13-16-14(20)18-17-13/h4-8H,3H2,1-2H3,(H2,16,17,18,20). The van der Waals surface area contributed by atoms with Crippen molar-refractivity contribution in [2.75, 3.05) is 0 Å². The Kier molecular flexibility index (Phi) is 3.23. The Balaban J connectivity index is 2.03. The van der Waals surface area contributed by atoms with E-state index in [9.17, 15) is 0 Å². The van der Waals surface area contributed by atoms with Gasteiger partial charge < -0.3 is 0 Å². The summed E-state index contributed by atoms with van der Waals surface area (Å²) in [6.07, 6.45) is 2.83. The zero-order chi connectivity index (χ0) is 14.1. The highest BCUT2D eigenvalue weighted by Crippen LogP contribution is 2.21. The maximum atomic E-state index is 4.98. The van der Waals surface area contributed by atoms with Gasteiger partial charge in [0.1, 0.15) is 0 Å². The lowest BCUT2D eigenvalue weighted by Crippen LogP contribution is -1.99. The van der Waals surface area contributed by atoms with Gasteiger partial charge in [0.2, 0.25) is 4.77 Å². The maximum absolute atomic E-state index is 4.98. The van der Waals surface area contributed by atoms with E-state index in [1.807, 2.05) is 11.6 Å². The van der Waals surface area contributed by atoms with Crippen LogP contribution in [0.25, 0.3) is 17.1 Å². The van der Waals surface area contributed by atoms with E-state index in [1.165, 1.54) is 5.56 Å². The number of nitrogens with one attached hydrogen (secondary N) is 2. The number of hydrogen-bond donors (Lipinski definition) is 2. The smallest absolute Gasteiger partial charge is 0.213 e. The fourth-order valence-electron chi connectivity index (χ4n) is 2.17. The second-order valence-electron chi connectivity index (χ2n) is 4.59. The minimum atomic E-state index is 0.444. The number of aromatic nitrogens is 5. The van der Waals surface area contributed by atoms with Crippen LogP contribution in [0.15, 0.2) is 30.5 Å². The van der Waals surface area contributed by atoms with Crippen LogP contribution in [0.5, 0.6) is 0 Å². The Morgan fingerprint density at radius 2 is 1.95 bits per heavy atom. The lowest BCUT2D eigenvalue weighted by Gasteiger charge is -2.05. The van der Waals surface area contributed by atoms with Crippen molar-refractivity contribution >= 4 is 12.2 Å². The Labute approximate surface area is 121 Å². The van der Waals surface area contributed by atoms with E-state index in [2.05, 4.69) is 51.5 Å². The molecule has 0 radical (unpaired) electrons. The highest BCUT2D eigenvalue weighted by atomic mass is 32.1. The maximum Gasteiger partial charge on any atom is 0.213 e. The van der Waals surface area contributed by atoms with Crippen molar-refractivity contribution in [1.82, 2.24) is 25.0 Å². The number of hydrogen-bond acceptors (Lipinski definition) is 3. The monoisotopic (exact) mass is 285 g/mol. The van der Waals surface area contributed by atoms with E-state index in [1.54, 1.807) is 6.20 Å². The predicted molar refractivity (Wildman–Crippen MR) is 80.4 cm³/mol. The third-order valence-electron chi connectivity index (χ3n) is 3.36. The molecule has 0 atom stereocenters. The molecule has 0 saturated carbocycles. The molecule has 0 fully saturated rings. The third-order valence-corrected chi connectivity index (χ3v) is 3.55. The SMILES string of the molecule is CCc1ccc(-n2ncc(-c3nc(=S)[nH][nH]3)c2C)cc1. The Morgan fingerprint density at radius 3 is 2.55 bits per heavy atom. The van der Waals surface area contributed by atoms with E-state index < -0.39 is 0 Å². The van der Waals surface area contributed by atoms with Crippen LogP contribution in [0.4, 0.5) is 0 Å². The highest BCUT2D eigenvalue weighted by Gasteiger charge is 2.12. The fraction of sp³-hybridized carbons (Fsp3) is 0.214. The van der Waals surface area contributed by atoms with Crippen LogP contribution in [0.2, 0.25) is 0 Å². The summed E-state index contributed by atoms with van der Waals surface area (Å²) in [7, 11) is 0. The molecule has 2 heterocycles. The van der Waals surface area contributed by atoms with Crippen molar-refractivity contribution in [3.8, 4) is 17.1 Å². The molecule has 2 N–H and O–H groups in total. The number of aromatic amines is 2. The molecule has 6 heteroatoms. The molecule has 102 valence electrons. The minimum absolute atomic E-state index is 0.444. The second kappa shape index (κ2) is 5.05. The molecule has 20 heavy (non-hydrogen) atoms. The van der Waals surface area contributed by atoms with Crippen LogP contribution >= 0.6 is 12.2 Å². The molecule has 0 aliphatic rings. The van der Waals surface area contributed by atoms with Gasteiger partial charge in [0.15, 0.2) is 5.82 Å². The first kappa shape index (κ1) is 12.8. The summed E-state index contributed by atoms with van der Waals surface area (Å²) in [5.41, 5.74) is 4.32. The molecule has 2 aromatic heterocycles. The normalized spacial score (nSPS) is 10.9. The van der Waals surface area contributed by atoms with Crippen molar-refractivity contribution < 1.29 is 0 Å².